The third-order valence-electron chi connectivity index (χ3n) is 0.471. The zero-order valence-electron chi connectivity index (χ0n) is 5.38. The molecule has 2 nitrogen and oxygen atoms in total. The Morgan fingerprint density at radius 2 is 2.12 bits per heavy atom. The number of rotatable bonds is 0. The molecule has 1 heterocycles. The highest BCUT2D eigenvalue weighted by atomic mass is 32.1. The van der Waals surface area contributed by atoms with Gasteiger partial charge in [0, 0.05) is 0 Å². The molecule has 0 N–H and O–H groups in total. The van der Waals surface area contributed by atoms with E-state index in [2.05, 4.69) is 9.36 Å². The van der Waals surface area contributed by atoms with Gasteiger partial charge in [0.05, 0.1) is 0 Å². The van der Waals surface area contributed by atoms with Crippen LogP contribution in [0.4, 0.5) is 0 Å². The zero-order valence-corrected chi connectivity index (χ0v) is 6.20. The monoisotopic (exact) mass is 130 g/mol. The highest BCUT2D eigenvalue weighted by Crippen LogP contribution is 1.92. The van der Waals surface area contributed by atoms with E-state index in [1.165, 1.54) is 11.5 Å². The topological polar surface area (TPSA) is 25.8 Å². The van der Waals surface area contributed by atoms with Gasteiger partial charge in [-0.3, -0.25) is 0 Å². The van der Waals surface area contributed by atoms with Crippen LogP contribution in [0, 0.1) is 6.92 Å². The Morgan fingerprint density at radius 3 is 2.25 bits per heavy atom. The summed E-state index contributed by atoms with van der Waals surface area (Å²) < 4.78 is 3.75. The summed E-state index contributed by atoms with van der Waals surface area (Å²) in [5.74, 6) is 0. The maximum absolute atomic E-state index is 3.82. The molecule has 1 aromatic heterocycles. The SMILES string of the molecule is CC.Cc1ncns1. The second-order valence-electron chi connectivity index (χ2n) is 0.960. The second kappa shape index (κ2) is 4.71. The van der Waals surface area contributed by atoms with Crippen molar-refractivity contribution in [3.63, 3.8) is 0 Å². The van der Waals surface area contributed by atoms with Crippen LogP contribution in [0.15, 0.2) is 6.33 Å². The highest BCUT2D eigenvalue weighted by Gasteiger charge is 1.78. The van der Waals surface area contributed by atoms with Crippen molar-refractivity contribution >= 4 is 11.5 Å². The normalized spacial score (nSPS) is 7.38. The van der Waals surface area contributed by atoms with Crippen molar-refractivity contribution in [1.82, 2.24) is 9.36 Å². The van der Waals surface area contributed by atoms with Crippen LogP contribution in [-0.2, 0) is 0 Å². The first-order valence-electron chi connectivity index (χ1n) is 2.63. The fourth-order valence-electron chi connectivity index (χ4n) is 0.228. The summed E-state index contributed by atoms with van der Waals surface area (Å²) in [7, 11) is 0. The Kier molecular flexibility index (Phi) is 4.45. The van der Waals surface area contributed by atoms with Crippen LogP contribution in [0.2, 0.25) is 0 Å². The van der Waals surface area contributed by atoms with E-state index in [0.29, 0.717) is 0 Å². The average Bonchev–Trinajstić information content (AvgIpc) is 2.24. The molecule has 1 rings (SSSR count). The summed E-state index contributed by atoms with van der Waals surface area (Å²) in [4.78, 5) is 3.82. The summed E-state index contributed by atoms with van der Waals surface area (Å²) in [6, 6.07) is 0. The number of hydrogen-bond donors (Lipinski definition) is 0. The third kappa shape index (κ3) is 2.69. The molecule has 0 amide bonds. The van der Waals surface area contributed by atoms with Gasteiger partial charge < -0.3 is 0 Å². The van der Waals surface area contributed by atoms with Crippen LogP contribution in [0.5, 0.6) is 0 Å². The molecule has 8 heavy (non-hydrogen) atoms. The molecule has 0 saturated heterocycles. The molecule has 0 aromatic carbocycles. The van der Waals surface area contributed by atoms with E-state index in [4.69, 9.17) is 0 Å². The zero-order chi connectivity index (χ0) is 6.41. The van der Waals surface area contributed by atoms with Crippen LogP contribution in [0.1, 0.15) is 18.9 Å². The molecule has 0 saturated carbocycles. The predicted octanol–water partition coefficient (Wildman–Crippen LogP) is 1.87. The maximum Gasteiger partial charge on any atom is 0.129 e. The van der Waals surface area contributed by atoms with Gasteiger partial charge in [-0.25, -0.2) is 4.98 Å². The Labute approximate surface area is 53.8 Å². The summed E-state index contributed by atoms with van der Waals surface area (Å²) >= 11 is 1.42. The standard InChI is InChI=1S/C3H4N2S.C2H6/c1-3-4-2-5-6-3;1-2/h2H,1H3;1-2H3. The molecule has 1 aromatic rings. The van der Waals surface area contributed by atoms with Gasteiger partial charge in [0.25, 0.3) is 0 Å². The van der Waals surface area contributed by atoms with Crippen LogP contribution in [0.25, 0.3) is 0 Å². The first-order valence-corrected chi connectivity index (χ1v) is 3.40. The lowest BCUT2D eigenvalue weighted by atomic mass is 10.9. The van der Waals surface area contributed by atoms with Crippen LogP contribution in [0.3, 0.4) is 0 Å². The van der Waals surface area contributed by atoms with Crippen molar-refractivity contribution < 1.29 is 0 Å². The minimum absolute atomic E-state index is 1.02. The third-order valence-corrected chi connectivity index (χ3v) is 1.04. The van der Waals surface area contributed by atoms with Gasteiger partial charge in [-0.05, 0) is 18.5 Å². The van der Waals surface area contributed by atoms with Crippen molar-refractivity contribution in [2.45, 2.75) is 20.8 Å². The minimum atomic E-state index is 1.02. The first-order chi connectivity index (χ1) is 3.89. The molecule has 3 heteroatoms. The van der Waals surface area contributed by atoms with E-state index in [1.54, 1.807) is 6.33 Å². The van der Waals surface area contributed by atoms with Gasteiger partial charge in [-0.15, -0.1) is 0 Å². The van der Waals surface area contributed by atoms with Gasteiger partial charge in [0.15, 0.2) is 0 Å². The molecule has 0 spiro atoms. The summed E-state index contributed by atoms with van der Waals surface area (Å²) in [6.45, 7) is 5.93. The van der Waals surface area contributed by atoms with Gasteiger partial charge in [0.2, 0.25) is 0 Å². The number of aromatic nitrogens is 2. The van der Waals surface area contributed by atoms with E-state index >= 15 is 0 Å². The average molecular weight is 130 g/mol. The molecule has 0 fully saturated rings. The lowest BCUT2D eigenvalue weighted by Crippen LogP contribution is -1.56. The maximum atomic E-state index is 3.82. The molecule has 0 bridgehead atoms. The lowest BCUT2D eigenvalue weighted by Gasteiger charge is -1.62. The fourth-order valence-corrected chi connectivity index (χ4v) is 0.569. The van der Waals surface area contributed by atoms with Crippen molar-refractivity contribution in [3.8, 4) is 0 Å². The fraction of sp³-hybridized carbons (Fsp3) is 0.600. The highest BCUT2D eigenvalue weighted by molar-refractivity contribution is 7.05. The molecule has 0 aliphatic heterocycles. The second-order valence-corrected chi connectivity index (χ2v) is 1.94. The Morgan fingerprint density at radius 1 is 1.50 bits per heavy atom. The van der Waals surface area contributed by atoms with E-state index in [0.717, 1.165) is 5.01 Å². The van der Waals surface area contributed by atoms with E-state index in [1.807, 2.05) is 20.8 Å². The van der Waals surface area contributed by atoms with Crippen molar-refractivity contribution in [1.29, 1.82) is 0 Å². The molecular weight excluding hydrogens is 120 g/mol. The smallest absolute Gasteiger partial charge is 0.129 e. The van der Waals surface area contributed by atoms with Gasteiger partial charge in [-0.1, -0.05) is 13.8 Å². The molecular formula is C5H10N2S. The van der Waals surface area contributed by atoms with Crippen molar-refractivity contribution in [2.75, 3.05) is 0 Å². The Hall–Kier alpha value is -0.440. The lowest BCUT2D eigenvalue weighted by molar-refractivity contribution is 1.26. The summed E-state index contributed by atoms with van der Waals surface area (Å²) in [5, 5.41) is 1.02. The predicted molar refractivity (Wildman–Crippen MR) is 36.0 cm³/mol. The van der Waals surface area contributed by atoms with E-state index < -0.39 is 0 Å². The number of nitrogens with zero attached hydrogens (tertiary/aromatic N) is 2. The van der Waals surface area contributed by atoms with Crippen molar-refractivity contribution in [2.24, 2.45) is 0 Å². The van der Waals surface area contributed by atoms with Crippen LogP contribution in [-0.4, -0.2) is 9.36 Å². The number of hydrogen-bond acceptors (Lipinski definition) is 3. The summed E-state index contributed by atoms with van der Waals surface area (Å²) in [6.07, 6.45) is 1.56. The molecule has 0 atom stereocenters. The van der Waals surface area contributed by atoms with Crippen LogP contribution >= 0.6 is 11.5 Å². The first kappa shape index (κ1) is 7.56. The van der Waals surface area contributed by atoms with Crippen LogP contribution < -0.4 is 0 Å². The van der Waals surface area contributed by atoms with Gasteiger partial charge in [-0.2, -0.15) is 4.37 Å². The van der Waals surface area contributed by atoms with E-state index in [9.17, 15) is 0 Å². The number of aryl methyl sites for hydroxylation is 1. The molecule has 0 aliphatic rings. The minimum Gasteiger partial charge on any atom is -0.228 e. The van der Waals surface area contributed by atoms with E-state index in [-0.39, 0.29) is 0 Å². The molecule has 0 aliphatic carbocycles. The summed E-state index contributed by atoms with van der Waals surface area (Å²) in [5.41, 5.74) is 0. The van der Waals surface area contributed by atoms with Crippen molar-refractivity contribution in [3.05, 3.63) is 11.3 Å². The quantitative estimate of drug-likeness (QED) is 0.536. The van der Waals surface area contributed by atoms with Gasteiger partial charge in [0.1, 0.15) is 11.3 Å². The van der Waals surface area contributed by atoms with Gasteiger partial charge >= 0.3 is 0 Å². The molecule has 0 radical (unpaired) electrons. The molecule has 46 valence electrons. The largest absolute Gasteiger partial charge is 0.228 e. The Bertz CT molecular complexity index is 114. The Balaban J connectivity index is 0.000000222. The molecule has 0 unspecified atom stereocenters.